The average molecular weight is 246 g/mol. The van der Waals surface area contributed by atoms with Crippen molar-refractivity contribution in [2.24, 2.45) is 0 Å². The number of hydrogen-bond acceptors (Lipinski definition) is 4. The number of nitrogens with one attached hydrogen (secondary N) is 2. The summed E-state index contributed by atoms with van der Waals surface area (Å²) >= 11 is 0. The molecule has 96 valence electrons. The van der Waals surface area contributed by atoms with E-state index in [0.29, 0.717) is 5.82 Å². The number of H-pyrrole nitrogens is 1. The number of hydrogen-bond donors (Lipinski definition) is 2. The molecule has 1 saturated heterocycles. The van der Waals surface area contributed by atoms with Crippen molar-refractivity contribution in [2.45, 2.75) is 31.6 Å². The van der Waals surface area contributed by atoms with Crippen LogP contribution < -0.4 is 5.32 Å². The number of aromatic amines is 1. The fourth-order valence-corrected chi connectivity index (χ4v) is 2.62. The molecule has 2 aromatic rings. The summed E-state index contributed by atoms with van der Waals surface area (Å²) in [6.07, 6.45) is 5.16. The Labute approximate surface area is 106 Å². The number of aromatic nitrogens is 3. The summed E-state index contributed by atoms with van der Waals surface area (Å²) in [6, 6.07) is 3.88. The second-order valence-electron chi connectivity index (χ2n) is 4.92. The highest BCUT2D eigenvalue weighted by Gasteiger charge is 2.37. The highest BCUT2D eigenvalue weighted by molar-refractivity contribution is 5.48. The average Bonchev–Trinajstić information content (AvgIpc) is 3.10. The zero-order valence-corrected chi connectivity index (χ0v) is 10.6. The molecule has 18 heavy (non-hydrogen) atoms. The molecule has 2 aromatic heterocycles. The second kappa shape index (κ2) is 4.57. The molecule has 3 rings (SSSR count). The molecule has 0 spiro atoms. The molecular formula is C13H18N4O. The zero-order chi connectivity index (χ0) is 12.4. The van der Waals surface area contributed by atoms with Gasteiger partial charge in [-0.2, -0.15) is 4.98 Å². The Hall–Kier alpha value is -1.62. The minimum Gasteiger partial charge on any atom is -0.359 e. The van der Waals surface area contributed by atoms with Gasteiger partial charge in [0.15, 0.2) is 0 Å². The molecule has 1 aliphatic rings. The van der Waals surface area contributed by atoms with E-state index in [2.05, 4.69) is 27.4 Å². The molecule has 0 amide bonds. The van der Waals surface area contributed by atoms with Crippen molar-refractivity contribution in [1.29, 1.82) is 0 Å². The largest absolute Gasteiger partial charge is 0.359 e. The molecule has 2 N–H and O–H groups in total. The molecule has 1 atom stereocenters. The van der Waals surface area contributed by atoms with Crippen LogP contribution in [0.5, 0.6) is 0 Å². The summed E-state index contributed by atoms with van der Waals surface area (Å²) in [4.78, 5) is 7.67. The molecular weight excluding hydrogens is 228 g/mol. The number of rotatable bonds is 3. The normalized spacial score (nSPS) is 24.3. The molecule has 0 aromatic carbocycles. The summed E-state index contributed by atoms with van der Waals surface area (Å²) < 4.78 is 5.50. The highest BCUT2D eigenvalue weighted by Crippen LogP contribution is 2.34. The summed E-state index contributed by atoms with van der Waals surface area (Å²) in [7, 11) is 0. The van der Waals surface area contributed by atoms with E-state index in [1.54, 1.807) is 0 Å². The fraction of sp³-hybridized carbons (Fsp3) is 0.538. The minimum atomic E-state index is 0.0100. The van der Waals surface area contributed by atoms with Crippen LogP contribution >= 0.6 is 0 Å². The lowest BCUT2D eigenvalue weighted by Gasteiger charge is -2.33. The van der Waals surface area contributed by atoms with E-state index in [-0.39, 0.29) is 5.41 Å². The first-order valence-electron chi connectivity index (χ1n) is 6.53. The van der Waals surface area contributed by atoms with Crippen LogP contribution in [-0.2, 0) is 5.41 Å². The monoisotopic (exact) mass is 246 g/mol. The molecule has 3 heterocycles. The van der Waals surface area contributed by atoms with E-state index >= 15 is 0 Å². The number of nitrogens with zero attached hydrogens (tertiary/aromatic N) is 2. The van der Waals surface area contributed by atoms with Crippen LogP contribution in [0.4, 0.5) is 0 Å². The van der Waals surface area contributed by atoms with Crippen molar-refractivity contribution in [2.75, 3.05) is 13.1 Å². The topological polar surface area (TPSA) is 66.7 Å². The molecule has 5 heteroatoms. The Balaban J connectivity index is 1.92. The molecule has 0 saturated carbocycles. The third-order valence-corrected chi connectivity index (χ3v) is 3.87. The third-order valence-electron chi connectivity index (χ3n) is 3.87. The van der Waals surface area contributed by atoms with E-state index in [9.17, 15) is 0 Å². The summed E-state index contributed by atoms with van der Waals surface area (Å²) in [5.74, 6) is 1.41. The van der Waals surface area contributed by atoms with E-state index in [4.69, 9.17) is 4.52 Å². The van der Waals surface area contributed by atoms with Gasteiger partial charge < -0.3 is 14.8 Å². The summed E-state index contributed by atoms with van der Waals surface area (Å²) in [5.41, 5.74) is 0.913. The Kier molecular flexibility index (Phi) is 2.91. The van der Waals surface area contributed by atoms with E-state index in [0.717, 1.165) is 43.9 Å². The van der Waals surface area contributed by atoms with Gasteiger partial charge in [0, 0.05) is 12.7 Å². The van der Waals surface area contributed by atoms with Gasteiger partial charge in [0.1, 0.15) is 0 Å². The Morgan fingerprint density at radius 1 is 1.50 bits per heavy atom. The minimum absolute atomic E-state index is 0.0100. The zero-order valence-electron chi connectivity index (χ0n) is 10.6. The van der Waals surface area contributed by atoms with Gasteiger partial charge in [-0.05, 0) is 37.9 Å². The van der Waals surface area contributed by atoms with Crippen LogP contribution in [0.15, 0.2) is 22.9 Å². The molecule has 1 aliphatic heterocycles. The van der Waals surface area contributed by atoms with E-state index < -0.39 is 0 Å². The van der Waals surface area contributed by atoms with Crippen molar-refractivity contribution in [3.8, 4) is 11.5 Å². The van der Waals surface area contributed by atoms with Gasteiger partial charge in [-0.25, -0.2) is 0 Å². The summed E-state index contributed by atoms with van der Waals surface area (Å²) in [6.45, 7) is 4.20. The predicted molar refractivity (Wildman–Crippen MR) is 68.2 cm³/mol. The lowest BCUT2D eigenvalue weighted by Crippen LogP contribution is -2.43. The SMILES string of the molecule is CCC1(c2nc(-c3ccc[nH]3)no2)CCCNC1. The van der Waals surface area contributed by atoms with Crippen LogP contribution in [0.25, 0.3) is 11.5 Å². The summed E-state index contributed by atoms with van der Waals surface area (Å²) in [5, 5.41) is 7.52. The molecule has 0 bridgehead atoms. The van der Waals surface area contributed by atoms with Crippen LogP contribution in [0, 0.1) is 0 Å². The Bertz CT molecular complexity index is 497. The first-order valence-corrected chi connectivity index (χ1v) is 6.53. The second-order valence-corrected chi connectivity index (χ2v) is 4.92. The van der Waals surface area contributed by atoms with Gasteiger partial charge in [0.05, 0.1) is 11.1 Å². The first-order chi connectivity index (χ1) is 8.84. The highest BCUT2D eigenvalue weighted by atomic mass is 16.5. The quantitative estimate of drug-likeness (QED) is 0.870. The maximum atomic E-state index is 5.50. The molecule has 0 aliphatic carbocycles. The lowest BCUT2D eigenvalue weighted by atomic mass is 9.78. The lowest BCUT2D eigenvalue weighted by molar-refractivity contribution is 0.221. The molecule has 5 nitrogen and oxygen atoms in total. The first kappa shape index (κ1) is 11.5. The van der Waals surface area contributed by atoms with E-state index in [1.165, 1.54) is 0 Å². The maximum absolute atomic E-state index is 5.50. The van der Waals surface area contributed by atoms with Crippen LogP contribution in [-0.4, -0.2) is 28.2 Å². The third kappa shape index (κ3) is 1.84. The Morgan fingerprint density at radius 3 is 3.11 bits per heavy atom. The molecule has 1 unspecified atom stereocenters. The molecule has 1 fully saturated rings. The maximum Gasteiger partial charge on any atom is 0.234 e. The predicted octanol–water partition coefficient (Wildman–Crippen LogP) is 2.10. The standard InChI is InChI=1S/C13H18N4O/c1-2-13(6-4-7-14-9-13)12-16-11(17-18-12)10-5-3-8-15-10/h3,5,8,14-15H,2,4,6-7,9H2,1H3. The van der Waals surface area contributed by atoms with Crippen molar-refractivity contribution in [3.63, 3.8) is 0 Å². The van der Waals surface area contributed by atoms with Gasteiger partial charge in [0.2, 0.25) is 11.7 Å². The van der Waals surface area contributed by atoms with Gasteiger partial charge in [-0.1, -0.05) is 12.1 Å². The van der Waals surface area contributed by atoms with Gasteiger partial charge in [0.25, 0.3) is 0 Å². The fourth-order valence-electron chi connectivity index (χ4n) is 2.62. The smallest absolute Gasteiger partial charge is 0.234 e. The van der Waals surface area contributed by atoms with Crippen LogP contribution in [0.3, 0.4) is 0 Å². The van der Waals surface area contributed by atoms with Gasteiger partial charge in [-0.3, -0.25) is 0 Å². The van der Waals surface area contributed by atoms with Crippen molar-refractivity contribution < 1.29 is 4.52 Å². The Morgan fingerprint density at radius 2 is 2.44 bits per heavy atom. The van der Waals surface area contributed by atoms with Crippen molar-refractivity contribution in [1.82, 2.24) is 20.4 Å². The van der Waals surface area contributed by atoms with Crippen molar-refractivity contribution >= 4 is 0 Å². The molecule has 0 radical (unpaired) electrons. The van der Waals surface area contributed by atoms with E-state index in [1.807, 2.05) is 18.3 Å². The van der Waals surface area contributed by atoms with Crippen LogP contribution in [0.1, 0.15) is 32.1 Å². The van der Waals surface area contributed by atoms with Crippen molar-refractivity contribution in [3.05, 3.63) is 24.2 Å². The van der Waals surface area contributed by atoms with Gasteiger partial charge in [-0.15, -0.1) is 0 Å². The number of piperidine rings is 1. The van der Waals surface area contributed by atoms with Crippen LogP contribution in [0.2, 0.25) is 0 Å². The van der Waals surface area contributed by atoms with Gasteiger partial charge >= 0.3 is 0 Å².